The molecule has 0 aliphatic heterocycles. The molecule has 0 spiro atoms. The van der Waals surface area contributed by atoms with E-state index in [1.165, 1.54) is 0 Å². The number of hydrogen-bond acceptors (Lipinski definition) is 5. The molecule has 4 rings (SSSR count). The third kappa shape index (κ3) is 3.47. The SMILES string of the molecule is CCc1cccc(N[C@H](c2ccc3cccc(O)c3n2)c2ccccc2O)n1. The maximum absolute atomic E-state index is 10.5. The van der Waals surface area contributed by atoms with E-state index in [4.69, 9.17) is 0 Å². The summed E-state index contributed by atoms with van der Waals surface area (Å²) in [4.78, 5) is 9.30. The maximum Gasteiger partial charge on any atom is 0.141 e. The van der Waals surface area contributed by atoms with E-state index in [0.717, 1.165) is 17.5 Å². The Bertz CT molecular complexity index is 1130. The average molecular weight is 371 g/mol. The lowest BCUT2D eigenvalue weighted by atomic mass is 10.0. The summed E-state index contributed by atoms with van der Waals surface area (Å²) in [6.07, 6.45) is 0.832. The number of rotatable bonds is 5. The zero-order valence-corrected chi connectivity index (χ0v) is 15.5. The molecule has 0 fully saturated rings. The van der Waals surface area contributed by atoms with Gasteiger partial charge in [-0.15, -0.1) is 0 Å². The molecule has 28 heavy (non-hydrogen) atoms. The predicted molar refractivity (Wildman–Crippen MR) is 111 cm³/mol. The van der Waals surface area contributed by atoms with E-state index >= 15 is 0 Å². The molecule has 0 bridgehead atoms. The Hall–Kier alpha value is -3.60. The molecule has 2 aromatic heterocycles. The number of pyridine rings is 2. The van der Waals surface area contributed by atoms with E-state index in [1.807, 2.05) is 48.5 Å². The van der Waals surface area contributed by atoms with Crippen molar-refractivity contribution >= 4 is 16.7 Å². The number of hydrogen-bond donors (Lipinski definition) is 3. The van der Waals surface area contributed by atoms with Crippen molar-refractivity contribution in [2.75, 3.05) is 5.32 Å². The number of aromatic nitrogens is 2. The third-order valence-corrected chi connectivity index (χ3v) is 4.73. The number of aryl methyl sites for hydroxylation is 1. The van der Waals surface area contributed by atoms with Crippen LogP contribution in [-0.4, -0.2) is 20.2 Å². The van der Waals surface area contributed by atoms with E-state index < -0.39 is 6.04 Å². The monoisotopic (exact) mass is 371 g/mol. The van der Waals surface area contributed by atoms with E-state index in [-0.39, 0.29) is 11.5 Å². The van der Waals surface area contributed by atoms with Crippen LogP contribution in [0.2, 0.25) is 0 Å². The highest BCUT2D eigenvalue weighted by Crippen LogP contribution is 2.33. The van der Waals surface area contributed by atoms with Gasteiger partial charge in [0.15, 0.2) is 0 Å². The predicted octanol–water partition coefficient (Wildman–Crippen LogP) is 4.80. The van der Waals surface area contributed by atoms with Gasteiger partial charge < -0.3 is 15.5 Å². The van der Waals surface area contributed by atoms with Gasteiger partial charge in [0.25, 0.3) is 0 Å². The Morgan fingerprint density at radius 2 is 1.61 bits per heavy atom. The number of benzene rings is 2. The molecule has 3 N–H and O–H groups in total. The first-order chi connectivity index (χ1) is 13.7. The topological polar surface area (TPSA) is 78.3 Å². The Kier molecular flexibility index (Phi) is 4.81. The maximum atomic E-state index is 10.5. The standard InChI is InChI=1S/C23H21N3O2/c1-2-16-8-6-12-21(24-16)26-23(17-9-3-4-10-19(17)27)18-14-13-15-7-5-11-20(28)22(15)25-18/h3-14,23,27-28H,2H2,1H3,(H,24,26)/t23-/m0/s1. The fourth-order valence-corrected chi connectivity index (χ4v) is 3.25. The second-order valence-corrected chi connectivity index (χ2v) is 6.59. The van der Waals surface area contributed by atoms with Crippen LogP contribution >= 0.6 is 0 Å². The highest BCUT2D eigenvalue weighted by atomic mass is 16.3. The van der Waals surface area contributed by atoms with Crippen LogP contribution < -0.4 is 5.32 Å². The van der Waals surface area contributed by atoms with Gasteiger partial charge in [0.05, 0.1) is 11.7 Å². The number of phenolic OH excluding ortho intramolecular Hbond substituents is 2. The van der Waals surface area contributed by atoms with Crippen molar-refractivity contribution < 1.29 is 10.2 Å². The van der Waals surface area contributed by atoms with Crippen LogP contribution in [0.15, 0.2) is 72.8 Å². The highest BCUT2D eigenvalue weighted by molar-refractivity contribution is 5.84. The van der Waals surface area contributed by atoms with Gasteiger partial charge in [-0.2, -0.15) is 0 Å². The lowest BCUT2D eigenvalue weighted by molar-refractivity contribution is 0.466. The average Bonchev–Trinajstić information content (AvgIpc) is 2.73. The molecule has 0 saturated carbocycles. The normalized spacial score (nSPS) is 12.0. The summed E-state index contributed by atoms with van der Waals surface area (Å²) in [6.45, 7) is 2.06. The molecule has 1 atom stereocenters. The number of nitrogens with zero attached hydrogens (tertiary/aromatic N) is 2. The van der Waals surface area contributed by atoms with Crippen molar-refractivity contribution in [1.82, 2.24) is 9.97 Å². The molecule has 4 aromatic rings. The van der Waals surface area contributed by atoms with Gasteiger partial charge in [0, 0.05) is 16.6 Å². The summed E-state index contributed by atoms with van der Waals surface area (Å²) in [6, 6.07) is 21.7. The molecule has 2 heterocycles. The first-order valence-corrected chi connectivity index (χ1v) is 9.24. The van der Waals surface area contributed by atoms with E-state index in [9.17, 15) is 10.2 Å². The largest absolute Gasteiger partial charge is 0.508 e. The van der Waals surface area contributed by atoms with Crippen LogP contribution in [-0.2, 0) is 6.42 Å². The zero-order chi connectivity index (χ0) is 19.5. The molecule has 0 saturated heterocycles. The van der Waals surface area contributed by atoms with Crippen LogP contribution in [0.1, 0.15) is 29.9 Å². The van der Waals surface area contributed by atoms with Crippen molar-refractivity contribution in [2.45, 2.75) is 19.4 Å². The molecule has 140 valence electrons. The fraction of sp³-hybridized carbons (Fsp3) is 0.130. The van der Waals surface area contributed by atoms with E-state index in [2.05, 4.69) is 22.2 Å². The third-order valence-electron chi connectivity index (χ3n) is 4.73. The molecule has 0 radical (unpaired) electrons. The second-order valence-electron chi connectivity index (χ2n) is 6.59. The minimum atomic E-state index is -0.426. The summed E-state index contributed by atoms with van der Waals surface area (Å²) in [5, 5.41) is 24.9. The lowest BCUT2D eigenvalue weighted by Crippen LogP contribution is -2.15. The van der Waals surface area contributed by atoms with Crippen LogP contribution in [0.4, 0.5) is 5.82 Å². The fourth-order valence-electron chi connectivity index (χ4n) is 3.25. The number of aromatic hydroxyl groups is 2. The molecule has 5 nitrogen and oxygen atoms in total. The van der Waals surface area contributed by atoms with Gasteiger partial charge >= 0.3 is 0 Å². The first-order valence-electron chi connectivity index (χ1n) is 9.24. The number of para-hydroxylation sites is 2. The van der Waals surface area contributed by atoms with Crippen molar-refractivity contribution in [3.8, 4) is 11.5 Å². The van der Waals surface area contributed by atoms with Gasteiger partial charge in [0.1, 0.15) is 22.8 Å². The van der Waals surface area contributed by atoms with E-state index in [1.54, 1.807) is 24.3 Å². The molecular formula is C23H21N3O2. The summed E-state index contributed by atoms with van der Waals surface area (Å²) < 4.78 is 0. The smallest absolute Gasteiger partial charge is 0.141 e. The van der Waals surface area contributed by atoms with Gasteiger partial charge in [-0.05, 0) is 36.8 Å². The Balaban J connectivity index is 1.83. The van der Waals surface area contributed by atoms with Gasteiger partial charge in [0.2, 0.25) is 0 Å². The molecule has 0 unspecified atom stereocenters. The van der Waals surface area contributed by atoms with Crippen LogP contribution in [0.3, 0.4) is 0 Å². The molecule has 0 aliphatic rings. The van der Waals surface area contributed by atoms with Crippen LogP contribution in [0.5, 0.6) is 11.5 Å². The molecule has 0 aliphatic carbocycles. The Morgan fingerprint density at radius 1 is 0.821 bits per heavy atom. The van der Waals surface area contributed by atoms with Gasteiger partial charge in [-0.25, -0.2) is 9.97 Å². The summed E-state index contributed by atoms with van der Waals surface area (Å²) in [5.41, 5.74) is 2.87. The van der Waals surface area contributed by atoms with Crippen LogP contribution in [0.25, 0.3) is 10.9 Å². The van der Waals surface area contributed by atoms with Crippen molar-refractivity contribution in [1.29, 1.82) is 0 Å². The Morgan fingerprint density at radius 3 is 2.43 bits per heavy atom. The van der Waals surface area contributed by atoms with Gasteiger partial charge in [-0.1, -0.05) is 49.4 Å². The minimum Gasteiger partial charge on any atom is -0.508 e. The number of anilines is 1. The Labute approximate surface area is 163 Å². The molecule has 0 amide bonds. The number of nitrogens with one attached hydrogen (secondary N) is 1. The summed E-state index contributed by atoms with van der Waals surface area (Å²) in [5.74, 6) is 0.999. The minimum absolute atomic E-state index is 0.126. The van der Waals surface area contributed by atoms with E-state index in [0.29, 0.717) is 22.6 Å². The molecule has 2 aromatic carbocycles. The summed E-state index contributed by atoms with van der Waals surface area (Å²) >= 11 is 0. The van der Waals surface area contributed by atoms with Crippen molar-refractivity contribution in [3.05, 3.63) is 89.7 Å². The summed E-state index contributed by atoms with van der Waals surface area (Å²) in [7, 11) is 0. The lowest BCUT2D eigenvalue weighted by Gasteiger charge is -2.21. The molecule has 5 heteroatoms. The molecular weight excluding hydrogens is 350 g/mol. The van der Waals surface area contributed by atoms with Gasteiger partial charge in [-0.3, -0.25) is 0 Å². The van der Waals surface area contributed by atoms with Crippen molar-refractivity contribution in [3.63, 3.8) is 0 Å². The number of phenols is 2. The first kappa shape index (κ1) is 17.8. The number of fused-ring (bicyclic) bond motifs is 1. The zero-order valence-electron chi connectivity index (χ0n) is 15.5. The quantitative estimate of drug-likeness (QED) is 0.469. The highest BCUT2D eigenvalue weighted by Gasteiger charge is 2.20. The van der Waals surface area contributed by atoms with Crippen molar-refractivity contribution in [2.24, 2.45) is 0 Å². The second kappa shape index (κ2) is 7.56. The van der Waals surface area contributed by atoms with Crippen LogP contribution in [0, 0.1) is 0 Å².